The maximum Gasteiger partial charge on any atom is 0.325 e. The van der Waals surface area contributed by atoms with Gasteiger partial charge in [-0.25, -0.2) is 0 Å². The van der Waals surface area contributed by atoms with Crippen LogP contribution in [0.4, 0.5) is 0 Å². The molecular weight excluding hydrogens is 180 g/mol. The average Bonchev–Trinajstić information content (AvgIpc) is 2.51. The lowest BCUT2D eigenvalue weighted by Gasteiger charge is -2.00. The van der Waals surface area contributed by atoms with Crippen molar-refractivity contribution in [3.05, 3.63) is 17.9 Å². The van der Waals surface area contributed by atoms with Crippen molar-refractivity contribution in [1.82, 2.24) is 0 Å². The molecule has 1 aromatic rings. The van der Waals surface area contributed by atoms with Gasteiger partial charge >= 0.3 is 5.95 Å². The third kappa shape index (κ3) is 2.28. The molecule has 0 aromatic carbocycles. The molecule has 72 valence electrons. The van der Waals surface area contributed by atoms with Crippen molar-refractivity contribution in [3.8, 4) is 5.95 Å². The summed E-state index contributed by atoms with van der Waals surface area (Å²) in [6.45, 7) is 0. The van der Waals surface area contributed by atoms with Gasteiger partial charge < -0.3 is 14.6 Å². The molecule has 0 amide bonds. The van der Waals surface area contributed by atoms with Gasteiger partial charge in [0.05, 0.1) is 6.26 Å². The first-order valence-electron chi connectivity index (χ1n) is 3.41. The van der Waals surface area contributed by atoms with Crippen LogP contribution in [0.5, 0.6) is 5.95 Å². The van der Waals surface area contributed by atoms with Gasteiger partial charge in [-0.3, -0.25) is 9.68 Å². The van der Waals surface area contributed by atoms with Crippen LogP contribution in [0.1, 0.15) is 5.56 Å². The van der Waals surface area contributed by atoms with Gasteiger partial charge in [-0.2, -0.15) is 5.26 Å². The van der Waals surface area contributed by atoms with Crippen LogP contribution in [0.15, 0.2) is 16.7 Å². The quantitative estimate of drug-likeness (QED) is 0.336. The predicted octanol–water partition coefficient (Wildman–Crippen LogP) is -0.446. The van der Waals surface area contributed by atoms with Crippen LogP contribution in [0.25, 0.3) is 0 Å². The largest absolute Gasteiger partial charge is 0.432 e. The number of rotatable bonds is 4. The van der Waals surface area contributed by atoms with Crippen LogP contribution in [0, 0.1) is 0 Å². The van der Waals surface area contributed by atoms with E-state index in [0.29, 0.717) is 0 Å². The second kappa shape index (κ2) is 4.04. The molecule has 1 aromatic heterocycles. The minimum absolute atomic E-state index is 0.228. The van der Waals surface area contributed by atoms with E-state index in [0.717, 1.165) is 0 Å². The SMILES string of the molecule is O=C(Cc1ccoc1OO)C(O)O. The summed E-state index contributed by atoms with van der Waals surface area (Å²) >= 11 is 0. The molecule has 0 fully saturated rings. The summed E-state index contributed by atoms with van der Waals surface area (Å²) in [5, 5.41) is 25.1. The van der Waals surface area contributed by atoms with Crippen molar-refractivity contribution >= 4 is 5.78 Å². The standard InChI is InChI=1S/C7H8O6/c8-5(6(9)10)3-4-1-2-12-7(4)13-11/h1-2,6,9-11H,3H2. The van der Waals surface area contributed by atoms with E-state index in [1.54, 1.807) is 0 Å². The molecule has 0 aliphatic carbocycles. The van der Waals surface area contributed by atoms with E-state index in [1.807, 2.05) is 0 Å². The van der Waals surface area contributed by atoms with Crippen LogP contribution in [0.2, 0.25) is 0 Å². The third-order valence-corrected chi connectivity index (χ3v) is 1.44. The molecule has 0 bridgehead atoms. The number of hydrogen-bond donors (Lipinski definition) is 3. The predicted molar refractivity (Wildman–Crippen MR) is 38.9 cm³/mol. The summed E-state index contributed by atoms with van der Waals surface area (Å²) in [6.07, 6.45) is -1.09. The fourth-order valence-electron chi connectivity index (χ4n) is 0.812. The van der Waals surface area contributed by atoms with Gasteiger partial charge in [-0.1, -0.05) is 0 Å². The molecule has 0 atom stereocenters. The number of aliphatic hydroxyl groups is 2. The first-order chi connectivity index (χ1) is 6.15. The van der Waals surface area contributed by atoms with Gasteiger partial charge in [-0.15, -0.1) is 0 Å². The third-order valence-electron chi connectivity index (χ3n) is 1.44. The fourth-order valence-corrected chi connectivity index (χ4v) is 0.812. The normalized spacial score (nSPS) is 10.5. The number of carbonyl (C=O) groups excluding carboxylic acids is 1. The summed E-state index contributed by atoms with van der Waals surface area (Å²) in [5.74, 6) is -1.03. The van der Waals surface area contributed by atoms with Crippen molar-refractivity contribution in [2.45, 2.75) is 12.7 Å². The van der Waals surface area contributed by atoms with E-state index in [4.69, 9.17) is 15.5 Å². The molecule has 13 heavy (non-hydrogen) atoms. The Morgan fingerprint density at radius 3 is 2.85 bits per heavy atom. The highest BCUT2D eigenvalue weighted by Gasteiger charge is 2.16. The molecule has 1 heterocycles. The lowest BCUT2D eigenvalue weighted by molar-refractivity contribution is -0.156. The van der Waals surface area contributed by atoms with Crippen LogP contribution in [-0.2, 0) is 11.2 Å². The zero-order valence-corrected chi connectivity index (χ0v) is 6.51. The zero-order valence-electron chi connectivity index (χ0n) is 6.51. The van der Waals surface area contributed by atoms with Crippen LogP contribution in [0.3, 0.4) is 0 Å². The Morgan fingerprint density at radius 2 is 2.31 bits per heavy atom. The monoisotopic (exact) mass is 188 g/mol. The molecule has 3 N–H and O–H groups in total. The number of furan rings is 1. The van der Waals surface area contributed by atoms with Crippen molar-refractivity contribution in [2.75, 3.05) is 0 Å². The van der Waals surface area contributed by atoms with Gasteiger partial charge in [-0.05, 0) is 6.07 Å². The number of ketones is 1. The average molecular weight is 188 g/mol. The van der Waals surface area contributed by atoms with Crippen molar-refractivity contribution in [2.24, 2.45) is 0 Å². The lowest BCUT2D eigenvalue weighted by Crippen LogP contribution is -2.21. The summed E-state index contributed by atoms with van der Waals surface area (Å²) in [7, 11) is 0. The maximum atomic E-state index is 10.8. The Morgan fingerprint density at radius 1 is 1.62 bits per heavy atom. The molecule has 0 saturated heterocycles. The molecule has 0 aliphatic rings. The van der Waals surface area contributed by atoms with Crippen molar-refractivity contribution < 1.29 is 29.6 Å². The molecule has 1 rings (SSSR count). The Labute approximate surface area is 72.9 Å². The number of Topliss-reactive ketones (excluding diaryl/α,β-unsaturated/α-hetero) is 1. The Balaban J connectivity index is 2.68. The molecule has 0 spiro atoms. The lowest BCUT2D eigenvalue weighted by atomic mass is 10.1. The molecule has 6 nitrogen and oxygen atoms in total. The van der Waals surface area contributed by atoms with E-state index in [2.05, 4.69) is 9.30 Å². The maximum absolute atomic E-state index is 10.8. The highest BCUT2D eigenvalue weighted by atomic mass is 17.1. The first kappa shape index (κ1) is 9.72. The molecular formula is C7H8O6. The summed E-state index contributed by atoms with van der Waals surface area (Å²) in [6, 6.07) is 1.38. The molecule has 0 radical (unpaired) electrons. The van der Waals surface area contributed by atoms with E-state index < -0.39 is 12.1 Å². The second-order valence-corrected chi connectivity index (χ2v) is 2.34. The fraction of sp³-hybridized carbons (Fsp3) is 0.286. The van der Waals surface area contributed by atoms with Crippen LogP contribution >= 0.6 is 0 Å². The van der Waals surface area contributed by atoms with E-state index in [-0.39, 0.29) is 17.9 Å². The second-order valence-electron chi connectivity index (χ2n) is 2.34. The zero-order chi connectivity index (χ0) is 9.84. The summed E-state index contributed by atoms with van der Waals surface area (Å²) < 4.78 is 4.61. The van der Waals surface area contributed by atoms with Gasteiger partial charge in [0.1, 0.15) is 0 Å². The highest BCUT2D eigenvalue weighted by molar-refractivity contribution is 5.83. The Hall–Kier alpha value is -1.37. The number of carbonyl (C=O) groups is 1. The van der Waals surface area contributed by atoms with Crippen LogP contribution in [-0.4, -0.2) is 27.5 Å². The Kier molecular flexibility index (Phi) is 3.02. The van der Waals surface area contributed by atoms with Crippen molar-refractivity contribution in [3.63, 3.8) is 0 Å². The van der Waals surface area contributed by atoms with Gasteiger partial charge in [0.15, 0.2) is 5.78 Å². The Bertz CT molecular complexity index is 289. The van der Waals surface area contributed by atoms with Gasteiger partial charge in [0.2, 0.25) is 6.29 Å². The van der Waals surface area contributed by atoms with Gasteiger partial charge in [0, 0.05) is 12.0 Å². The van der Waals surface area contributed by atoms with E-state index >= 15 is 0 Å². The molecule has 6 heteroatoms. The number of aliphatic hydroxyl groups excluding tert-OH is 1. The first-order valence-corrected chi connectivity index (χ1v) is 3.41. The molecule has 0 aliphatic heterocycles. The minimum atomic E-state index is -2.03. The molecule has 0 saturated carbocycles. The van der Waals surface area contributed by atoms with E-state index in [9.17, 15) is 4.79 Å². The summed E-state index contributed by atoms with van der Waals surface area (Å²) in [4.78, 5) is 14.6. The number of hydrogen-bond acceptors (Lipinski definition) is 6. The molecule has 0 unspecified atom stereocenters. The highest BCUT2D eigenvalue weighted by Crippen LogP contribution is 2.19. The van der Waals surface area contributed by atoms with E-state index in [1.165, 1.54) is 12.3 Å². The minimum Gasteiger partial charge on any atom is -0.432 e. The smallest absolute Gasteiger partial charge is 0.325 e. The van der Waals surface area contributed by atoms with Crippen molar-refractivity contribution in [1.29, 1.82) is 0 Å². The van der Waals surface area contributed by atoms with Gasteiger partial charge in [0.25, 0.3) is 0 Å². The van der Waals surface area contributed by atoms with Crippen LogP contribution < -0.4 is 4.89 Å². The topological polar surface area (TPSA) is 100 Å². The summed E-state index contributed by atoms with van der Waals surface area (Å²) in [5.41, 5.74) is 0.251.